The van der Waals surface area contributed by atoms with Crippen LogP contribution in [0.5, 0.6) is 0 Å². The standard InChI is InChI=1S/C20H27NO2S/c1-2-3-4-5-6-15-7-9-16(10-8-15)17-11-12-18(20(22)23)19(13-17)21-14-24/h11-13,15-16H,2-10H2,1H3,(H,22,23)/t15-,16-. The number of nitrogens with zero attached hydrogens (tertiary/aromatic N) is 1. The molecule has 0 aromatic heterocycles. The summed E-state index contributed by atoms with van der Waals surface area (Å²) in [4.78, 5) is 15.2. The van der Waals surface area contributed by atoms with Gasteiger partial charge in [-0.25, -0.2) is 4.79 Å². The number of unbranched alkanes of at least 4 members (excludes halogenated alkanes) is 3. The molecule has 24 heavy (non-hydrogen) atoms. The molecule has 0 heterocycles. The normalized spacial score (nSPS) is 20.4. The van der Waals surface area contributed by atoms with Crippen LogP contribution in [0.25, 0.3) is 0 Å². The Labute approximate surface area is 150 Å². The Morgan fingerprint density at radius 1 is 1.25 bits per heavy atom. The van der Waals surface area contributed by atoms with Gasteiger partial charge in [0.25, 0.3) is 0 Å². The van der Waals surface area contributed by atoms with Gasteiger partial charge in [0.05, 0.1) is 16.4 Å². The minimum absolute atomic E-state index is 0.195. The van der Waals surface area contributed by atoms with Crippen molar-refractivity contribution in [1.29, 1.82) is 0 Å². The third-order valence-electron chi connectivity index (χ3n) is 5.20. The first-order valence-electron chi connectivity index (χ1n) is 9.10. The number of rotatable bonds is 8. The van der Waals surface area contributed by atoms with E-state index in [9.17, 15) is 9.90 Å². The Balaban J connectivity index is 1.95. The van der Waals surface area contributed by atoms with E-state index in [2.05, 4.69) is 29.3 Å². The SMILES string of the molecule is CCCCCC[C@H]1CC[C@H](c2ccc(C(=O)O)c(N=C=S)c2)CC1. The van der Waals surface area contributed by atoms with Gasteiger partial charge in [0, 0.05) is 0 Å². The number of carboxylic acid groups (broad SMARTS) is 1. The Morgan fingerprint density at radius 3 is 2.62 bits per heavy atom. The molecule has 0 atom stereocenters. The molecular weight excluding hydrogens is 318 g/mol. The van der Waals surface area contributed by atoms with Crippen molar-refractivity contribution in [2.24, 2.45) is 10.9 Å². The quantitative estimate of drug-likeness (QED) is 0.338. The van der Waals surface area contributed by atoms with Crippen LogP contribution >= 0.6 is 12.2 Å². The molecule has 0 amide bonds. The van der Waals surface area contributed by atoms with Gasteiger partial charge in [-0.15, -0.1) is 0 Å². The van der Waals surface area contributed by atoms with E-state index in [1.807, 2.05) is 12.1 Å². The third-order valence-corrected chi connectivity index (χ3v) is 5.29. The number of aliphatic imine (C=N–C) groups is 1. The first-order valence-corrected chi connectivity index (χ1v) is 9.51. The number of hydrogen-bond acceptors (Lipinski definition) is 3. The molecule has 1 saturated carbocycles. The van der Waals surface area contributed by atoms with Crippen molar-refractivity contribution < 1.29 is 9.90 Å². The molecule has 0 unspecified atom stereocenters. The number of thiocarbonyl (C=S) groups is 1. The predicted molar refractivity (Wildman–Crippen MR) is 102 cm³/mol. The zero-order valence-corrected chi connectivity index (χ0v) is 15.3. The van der Waals surface area contributed by atoms with Gasteiger partial charge in [-0.1, -0.05) is 45.1 Å². The summed E-state index contributed by atoms with van der Waals surface area (Å²) in [7, 11) is 0. The molecule has 3 nitrogen and oxygen atoms in total. The van der Waals surface area contributed by atoms with Crippen molar-refractivity contribution in [3.8, 4) is 0 Å². The fourth-order valence-corrected chi connectivity index (χ4v) is 3.87. The zero-order valence-electron chi connectivity index (χ0n) is 14.5. The van der Waals surface area contributed by atoms with Crippen LogP contribution in [0.3, 0.4) is 0 Å². The molecule has 1 aromatic carbocycles. The first-order chi connectivity index (χ1) is 11.7. The molecule has 1 N–H and O–H groups in total. The Morgan fingerprint density at radius 2 is 2.00 bits per heavy atom. The Bertz CT molecular complexity index is 600. The van der Waals surface area contributed by atoms with Crippen molar-refractivity contribution >= 4 is 29.0 Å². The molecular formula is C20H27NO2S. The zero-order chi connectivity index (χ0) is 17.4. The molecule has 0 aliphatic heterocycles. The lowest BCUT2D eigenvalue weighted by Gasteiger charge is -2.29. The molecule has 2 rings (SSSR count). The highest BCUT2D eigenvalue weighted by atomic mass is 32.1. The molecule has 130 valence electrons. The van der Waals surface area contributed by atoms with E-state index in [4.69, 9.17) is 0 Å². The average molecular weight is 346 g/mol. The summed E-state index contributed by atoms with van der Waals surface area (Å²) < 4.78 is 0. The van der Waals surface area contributed by atoms with E-state index < -0.39 is 5.97 Å². The van der Waals surface area contributed by atoms with Gasteiger partial charge in [0.1, 0.15) is 0 Å². The van der Waals surface area contributed by atoms with Crippen LogP contribution in [0.2, 0.25) is 0 Å². The van der Waals surface area contributed by atoms with Gasteiger partial charge in [-0.3, -0.25) is 0 Å². The van der Waals surface area contributed by atoms with Crippen LogP contribution in [-0.2, 0) is 0 Å². The molecule has 1 aromatic rings. The van der Waals surface area contributed by atoms with Crippen molar-refractivity contribution in [3.63, 3.8) is 0 Å². The van der Waals surface area contributed by atoms with E-state index in [0.717, 1.165) is 5.92 Å². The Kier molecular flexibility index (Phi) is 7.61. The van der Waals surface area contributed by atoms with E-state index in [0.29, 0.717) is 11.6 Å². The monoisotopic (exact) mass is 345 g/mol. The maximum Gasteiger partial charge on any atom is 0.337 e. The smallest absolute Gasteiger partial charge is 0.337 e. The molecule has 1 aliphatic rings. The third kappa shape index (κ3) is 5.25. The van der Waals surface area contributed by atoms with Gasteiger partial charge in [-0.05, 0) is 67.4 Å². The van der Waals surface area contributed by atoms with E-state index in [-0.39, 0.29) is 5.56 Å². The van der Waals surface area contributed by atoms with Crippen LogP contribution in [0.1, 0.15) is 86.6 Å². The molecule has 4 heteroatoms. The van der Waals surface area contributed by atoms with Crippen LogP contribution in [0, 0.1) is 5.92 Å². The fourth-order valence-electron chi connectivity index (χ4n) is 3.77. The second-order valence-electron chi connectivity index (χ2n) is 6.85. The Hall–Kier alpha value is -1.51. The lowest BCUT2D eigenvalue weighted by Crippen LogP contribution is -2.13. The molecule has 0 radical (unpaired) electrons. The fraction of sp³-hybridized carbons (Fsp3) is 0.600. The second kappa shape index (κ2) is 9.71. The number of hydrogen-bond donors (Lipinski definition) is 1. The van der Waals surface area contributed by atoms with Crippen LogP contribution in [-0.4, -0.2) is 16.2 Å². The highest BCUT2D eigenvalue weighted by molar-refractivity contribution is 7.78. The van der Waals surface area contributed by atoms with Gasteiger partial charge >= 0.3 is 5.97 Å². The highest BCUT2D eigenvalue weighted by Gasteiger charge is 2.23. The summed E-state index contributed by atoms with van der Waals surface area (Å²) in [6.45, 7) is 2.25. The topological polar surface area (TPSA) is 49.7 Å². The lowest BCUT2D eigenvalue weighted by molar-refractivity contribution is 0.0698. The van der Waals surface area contributed by atoms with Gasteiger partial charge in [-0.2, -0.15) is 4.99 Å². The summed E-state index contributed by atoms with van der Waals surface area (Å²) in [5.74, 6) is 0.412. The predicted octanol–water partition coefficient (Wildman–Crippen LogP) is 6.36. The molecule has 0 saturated heterocycles. The number of isothiocyanates is 1. The van der Waals surface area contributed by atoms with Gasteiger partial charge in [0.15, 0.2) is 0 Å². The molecule has 1 aliphatic carbocycles. The van der Waals surface area contributed by atoms with Crippen molar-refractivity contribution in [2.45, 2.75) is 70.6 Å². The largest absolute Gasteiger partial charge is 0.478 e. The summed E-state index contributed by atoms with van der Waals surface area (Å²) in [6, 6.07) is 5.48. The molecule has 0 spiro atoms. The highest BCUT2D eigenvalue weighted by Crippen LogP contribution is 2.39. The summed E-state index contributed by atoms with van der Waals surface area (Å²) in [6.07, 6.45) is 11.7. The first kappa shape index (κ1) is 18.8. The van der Waals surface area contributed by atoms with E-state index >= 15 is 0 Å². The minimum atomic E-state index is -0.971. The number of carboxylic acids is 1. The van der Waals surface area contributed by atoms with E-state index in [1.54, 1.807) is 6.07 Å². The number of aromatic carboxylic acids is 1. The lowest BCUT2D eigenvalue weighted by atomic mass is 9.77. The second-order valence-corrected chi connectivity index (χ2v) is 7.03. The van der Waals surface area contributed by atoms with Crippen molar-refractivity contribution in [3.05, 3.63) is 29.3 Å². The summed E-state index contributed by atoms with van der Waals surface area (Å²) in [5.41, 5.74) is 1.81. The van der Waals surface area contributed by atoms with Gasteiger partial charge < -0.3 is 5.11 Å². The molecule has 1 fully saturated rings. The summed E-state index contributed by atoms with van der Waals surface area (Å²) in [5, 5.41) is 11.5. The van der Waals surface area contributed by atoms with Crippen molar-refractivity contribution in [1.82, 2.24) is 0 Å². The number of benzene rings is 1. The average Bonchev–Trinajstić information content (AvgIpc) is 2.59. The van der Waals surface area contributed by atoms with Crippen molar-refractivity contribution in [2.75, 3.05) is 0 Å². The molecule has 0 bridgehead atoms. The van der Waals surface area contributed by atoms with Crippen LogP contribution in [0.4, 0.5) is 5.69 Å². The van der Waals surface area contributed by atoms with Crippen LogP contribution < -0.4 is 0 Å². The van der Waals surface area contributed by atoms with Gasteiger partial charge in [0.2, 0.25) is 0 Å². The minimum Gasteiger partial charge on any atom is -0.478 e. The van der Waals surface area contributed by atoms with Crippen LogP contribution in [0.15, 0.2) is 23.2 Å². The maximum atomic E-state index is 11.3. The summed E-state index contributed by atoms with van der Waals surface area (Å²) >= 11 is 4.64. The van der Waals surface area contributed by atoms with E-state index in [1.165, 1.54) is 63.4 Å². The number of carbonyl (C=O) groups is 1. The maximum absolute atomic E-state index is 11.3.